The molecule has 0 fully saturated rings. The van der Waals surface area contributed by atoms with Crippen LogP contribution in [0.5, 0.6) is 5.75 Å². The molecule has 0 saturated heterocycles. The molecule has 0 aromatic heterocycles. The summed E-state index contributed by atoms with van der Waals surface area (Å²) in [7, 11) is 3.33. The zero-order valence-electron chi connectivity index (χ0n) is 11.3. The predicted octanol–water partition coefficient (Wildman–Crippen LogP) is 1.74. The van der Waals surface area contributed by atoms with Crippen LogP contribution in [0.3, 0.4) is 0 Å². The van der Waals surface area contributed by atoms with E-state index in [0.717, 1.165) is 5.75 Å². The highest BCUT2D eigenvalue weighted by atomic mass is 16.5. The third-order valence-electron chi connectivity index (χ3n) is 2.95. The Morgan fingerprint density at radius 3 is 2.39 bits per heavy atom. The van der Waals surface area contributed by atoms with Gasteiger partial charge in [-0.1, -0.05) is 12.1 Å². The molecule has 18 heavy (non-hydrogen) atoms. The number of hydrogen-bond donors (Lipinski definition) is 2. The first-order valence-electron chi connectivity index (χ1n) is 6.21. The van der Waals surface area contributed by atoms with Crippen LogP contribution in [0.25, 0.3) is 0 Å². The van der Waals surface area contributed by atoms with Crippen molar-refractivity contribution in [3.8, 4) is 5.75 Å². The van der Waals surface area contributed by atoms with Crippen molar-refractivity contribution in [3.63, 3.8) is 0 Å². The molecular formula is C14H23NO3. The monoisotopic (exact) mass is 253 g/mol. The van der Waals surface area contributed by atoms with Gasteiger partial charge in [-0.25, -0.2) is 0 Å². The van der Waals surface area contributed by atoms with E-state index in [9.17, 15) is 0 Å². The molecule has 0 aliphatic heterocycles. The molecule has 102 valence electrons. The van der Waals surface area contributed by atoms with Crippen LogP contribution in [0.4, 0.5) is 0 Å². The standard InChI is InChI=1S/C14H23NO3/c1-11(15-13(8-9-16)10-17-2)12-4-6-14(18-3)7-5-12/h4-7,11,13,15-16H,8-10H2,1-3H3. The number of benzene rings is 1. The van der Waals surface area contributed by atoms with Crippen LogP contribution in [-0.4, -0.2) is 38.6 Å². The number of ether oxygens (including phenoxy) is 2. The van der Waals surface area contributed by atoms with Gasteiger partial charge in [-0.2, -0.15) is 0 Å². The lowest BCUT2D eigenvalue weighted by Gasteiger charge is -2.22. The van der Waals surface area contributed by atoms with E-state index in [2.05, 4.69) is 12.2 Å². The topological polar surface area (TPSA) is 50.7 Å². The van der Waals surface area contributed by atoms with Crippen LogP contribution in [0.2, 0.25) is 0 Å². The summed E-state index contributed by atoms with van der Waals surface area (Å²) in [4.78, 5) is 0. The van der Waals surface area contributed by atoms with Crippen LogP contribution in [0.1, 0.15) is 24.9 Å². The van der Waals surface area contributed by atoms with Crippen molar-refractivity contribution in [3.05, 3.63) is 29.8 Å². The third-order valence-corrected chi connectivity index (χ3v) is 2.95. The number of rotatable bonds is 8. The molecule has 4 nitrogen and oxygen atoms in total. The third kappa shape index (κ3) is 4.64. The van der Waals surface area contributed by atoms with Crippen molar-refractivity contribution in [2.24, 2.45) is 0 Å². The molecule has 0 amide bonds. The van der Waals surface area contributed by atoms with Crippen molar-refractivity contribution in [1.82, 2.24) is 5.32 Å². The summed E-state index contributed by atoms with van der Waals surface area (Å²) >= 11 is 0. The van der Waals surface area contributed by atoms with Crippen LogP contribution >= 0.6 is 0 Å². The minimum Gasteiger partial charge on any atom is -0.497 e. The zero-order chi connectivity index (χ0) is 13.4. The smallest absolute Gasteiger partial charge is 0.118 e. The summed E-state index contributed by atoms with van der Waals surface area (Å²) in [6.45, 7) is 2.86. The summed E-state index contributed by atoms with van der Waals surface area (Å²) in [6, 6.07) is 8.36. The molecule has 0 aliphatic rings. The first-order chi connectivity index (χ1) is 8.71. The average molecular weight is 253 g/mol. The second-order valence-corrected chi connectivity index (χ2v) is 4.33. The highest BCUT2D eigenvalue weighted by Crippen LogP contribution is 2.18. The van der Waals surface area contributed by atoms with Crippen molar-refractivity contribution < 1.29 is 14.6 Å². The molecule has 0 spiro atoms. The van der Waals surface area contributed by atoms with Crippen LogP contribution in [-0.2, 0) is 4.74 Å². The van der Waals surface area contributed by atoms with E-state index >= 15 is 0 Å². The molecule has 1 aromatic carbocycles. The van der Waals surface area contributed by atoms with Gasteiger partial charge in [0.05, 0.1) is 13.7 Å². The van der Waals surface area contributed by atoms with Gasteiger partial charge < -0.3 is 19.9 Å². The van der Waals surface area contributed by atoms with E-state index < -0.39 is 0 Å². The summed E-state index contributed by atoms with van der Waals surface area (Å²) in [5, 5.41) is 12.4. The Morgan fingerprint density at radius 2 is 1.89 bits per heavy atom. The molecule has 0 radical (unpaired) electrons. The Hall–Kier alpha value is -1.10. The summed E-state index contributed by atoms with van der Waals surface area (Å²) in [5.41, 5.74) is 1.19. The van der Waals surface area contributed by atoms with E-state index in [1.807, 2.05) is 24.3 Å². The van der Waals surface area contributed by atoms with Crippen molar-refractivity contribution in [1.29, 1.82) is 0 Å². The second kappa shape index (κ2) is 8.08. The molecule has 0 heterocycles. The van der Waals surface area contributed by atoms with Gasteiger partial charge in [0.1, 0.15) is 5.75 Å². The Balaban J connectivity index is 2.58. The van der Waals surface area contributed by atoms with Crippen LogP contribution in [0.15, 0.2) is 24.3 Å². The fourth-order valence-corrected chi connectivity index (χ4v) is 1.91. The minimum atomic E-state index is 0.163. The molecular weight excluding hydrogens is 230 g/mol. The van der Waals surface area contributed by atoms with E-state index in [1.54, 1.807) is 14.2 Å². The normalized spacial score (nSPS) is 14.2. The molecule has 1 aromatic rings. The SMILES string of the molecule is COCC(CCO)NC(C)c1ccc(OC)cc1. The van der Waals surface area contributed by atoms with Gasteiger partial charge in [0.15, 0.2) is 0 Å². The van der Waals surface area contributed by atoms with Gasteiger partial charge >= 0.3 is 0 Å². The molecule has 2 N–H and O–H groups in total. The van der Waals surface area contributed by atoms with Gasteiger partial charge in [-0.3, -0.25) is 0 Å². The Labute approximate surface area is 109 Å². The highest BCUT2D eigenvalue weighted by molar-refractivity contribution is 5.28. The molecule has 4 heteroatoms. The van der Waals surface area contributed by atoms with Gasteiger partial charge in [-0.05, 0) is 31.0 Å². The lowest BCUT2D eigenvalue weighted by atomic mass is 10.1. The fourth-order valence-electron chi connectivity index (χ4n) is 1.91. The summed E-state index contributed by atoms with van der Waals surface area (Å²) < 4.78 is 10.3. The lowest BCUT2D eigenvalue weighted by molar-refractivity contribution is 0.143. The fraction of sp³-hybridized carbons (Fsp3) is 0.571. The van der Waals surface area contributed by atoms with E-state index in [-0.39, 0.29) is 18.7 Å². The van der Waals surface area contributed by atoms with E-state index in [0.29, 0.717) is 13.0 Å². The molecule has 2 atom stereocenters. The number of aliphatic hydroxyl groups excluding tert-OH is 1. The molecule has 0 aliphatic carbocycles. The zero-order valence-corrected chi connectivity index (χ0v) is 11.3. The summed E-state index contributed by atoms with van der Waals surface area (Å²) in [5.74, 6) is 0.856. The maximum absolute atomic E-state index is 9.00. The number of nitrogens with one attached hydrogen (secondary N) is 1. The average Bonchev–Trinajstić information content (AvgIpc) is 2.39. The number of aliphatic hydroxyl groups is 1. The number of methoxy groups -OCH3 is 2. The lowest BCUT2D eigenvalue weighted by Crippen LogP contribution is -2.35. The quantitative estimate of drug-likeness (QED) is 0.741. The van der Waals surface area contributed by atoms with Gasteiger partial charge in [-0.15, -0.1) is 0 Å². The van der Waals surface area contributed by atoms with Crippen molar-refractivity contribution in [2.75, 3.05) is 27.4 Å². The molecule has 0 saturated carbocycles. The Kier molecular flexibility index (Phi) is 6.72. The maximum Gasteiger partial charge on any atom is 0.118 e. The first kappa shape index (κ1) is 15.0. The summed E-state index contributed by atoms with van der Waals surface area (Å²) in [6.07, 6.45) is 0.689. The number of hydrogen-bond acceptors (Lipinski definition) is 4. The Bertz CT molecular complexity index is 320. The van der Waals surface area contributed by atoms with Gasteiger partial charge in [0, 0.05) is 25.8 Å². The Morgan fingerprint density at radius 1 is 1.22 bits per heavy atom. The highest BCUT2D eigenvalue weighted by Gasteiger charge is 2.12. The van der Waals surface area contributed by atoms with Crippen molar-refractivity contribution in [2.45, 2.75) is 25.4 Å². The van der Waals surface area contributed by atoms with E-state index in [1.165, 1.54) is 5.56 Å². The minimum absolute atomic E-state index is 0.163. The van der Waals surface area contributed by atoms with Crippen molar-refractivity contribution >= 4 is 0 Å². The van der Waals surface area contributed by atoms with E-state index in [4.69, 9.17) is 14.6 Å². The molecule has 2 unspecified atom stereocenters. The molecule has 0 bridgehead atoms. The first-order valence-corrected chi connectivity index (χ1v) is 6.21. The second-order valence-electron chi connectivity index (χ2n) is 4.33. The predicted molar refractivity (Wildman–Crippen MR) is 71.9 cm³/mol. The molecule has 1 rings (SSSR count). The van der Waals surface area contributed by atoms with Crippen LogP contribution < -0.4 is 10.1 Å². The van der Waals surface area contributed by atoms with Gasteiger partial charge in [0.25, 0.3) is 0 Å². The largest absolute Gasteiger partial charge is 0.497 e. The van der Waals surface area contributed by atoms with Crippen LogP contribution in [0, 0.1) is 0 Å². The van der Waals surface area contributed by atoms with Gasteiger partial charge in [0.2, 0.25) is 0 Å². The maximum atomic E-state index is 9.00.